The number of carbonyl (C=O) groups is 3. The highest BCUT2D eigenvalue weighted by Gasteiger charge is 2.24. The molecule has 2 rings (SSSR count). The van der Waals surface area contributed by atoms with Crippen molar-refractivity contribution in [1.82, 2.24) is 10.6 Å². The molecule has 8 heteroatoms. The van der Waals surface area contributed by atoms with Crippen molar-refractivity contribution in [3.8, 4) is 11.3 Å². The Balaban J connectivity index is 1.98. The lowest BCUT2D eigenvalue weighted by Crippen LogP contribution is -2.50. The molecular formula is C19H21FN2O5. The molecule has 0 aliphatic rings. The largest absolute Gasteiger partial charge is 0.449 e. The molecular weight excluding hydrogens is 355 g/mol. The molecule has 2 aromatic rings. The van der Waals surface area contributed by atoms with Crippen LogP contribution in [0.3, 0.4) is 0 Å². The highest BCUT2D eigenvalue weighted by Crippen LogP contribution is 2.25. The molecule has 0 radical (unpaired) electrons. The van der Waals surface area contributed by atoms with Crippen molar-refractivity contribution in [3.05, 3.63) is 48.0 Å². The van der Waals surface area contributed by atoms with Crippen molar-refractivity contribution >= 4 is 17.9 Å². The lowest BCUT2D eigenvalue weighted by Gasteiger charge is -2.21. The molecule has 0 saturated carbocycles. The first kappa shape index (κ1) is 20.2. The van der Waals surface area contributed by atoms with E-state index in [1.165, 1.54) is 37.3 Å². The molecule has 1 atom stereocenters. The third kappa shape index (κ3) is 5.67. The first-order valence-electron chi connectivity index (χ1n) is 8.25. The smallest absolute Gasteiger partial charge is 0.375 e. The minimum absolute atomic E-state index is 0.154. The maximum absolute atomic E-state index is 13.8. The monoisotopic (exact) mass is 376 g/mol. The van der Waals surface area contributed by atoms with Gasteiger partial charge in [0.2, 0.25) is 5.76 Å². The van der Waals surface area contributed by atoms with Crippen LogP contribution in [0.1, 0.15) is 38.2 Å². The highest BCUT2D eigenvalue weighted by molar-refractivity contribution is 5.98. The van der Waals surface area contributed by atoms with Gasteiger partial charge in [-0.05, 0) is 52.0 Å². The number of amides is 3. The van der Waals surface area contributed by atoms with Gasteiger partial charge in [0.05, 0.1) is 5.56 Å². The van der Waals surface area contributed by atoms with E-state index in [4.69, 9.17) is 9.15 Å². The molecule has 0 saturated heterocycles. The minimum Gasteiger partial charge on any atom is -0.449 e. The Morgan fingerprint density at radius 1 is 1.11 bits per heavy atom. The number of rotatable bonds is 4. The van der Waals surface area contributed by atoms with Crippen LogP contribution in [-0.4, -0.2) is 29.6 Å². The summed E-state index contributed by atoms with van der Waals surface area (Å²) in [7, 11) is 0. The zero-order valence-electron chi connectivity index (χ0n) is 15.5. The van der Waals surface area contributed by atoms with Gasteiger partial charge in [-0.3, -0.25) is 10.1 Å². The van der Waals surface area contributed by atoms with Crippen LogP contribution in [0.15, 0.2) is 40.8 Å². The van der Waals surface area contributed by atoms with E-state index in [1.807, 2.05) is 0 Å². The van der Waals surface area contributed by atoms with Crippen LogP contribution in [0, 0.1) is 5.82 Å². The predicted molar refractivity (Wildman–Crippen MR) is 95.4 cm³/mol. The predicted octanol–water partition coefficient (Wildman–Crippen LogP) is 3.26. The number of ether oxygens (including phenoxy) is 1. The Bertz CT molecular complexity index is 854. The molecule has 0 bridgehead atoms. The Labute approximate surface area is 155 Å². The first-order chi connectivity index (χ1) is 12.6. The van der Waals surface area contributed by atoms with E-state index >= 15 is 0 Å². The zero-order valence-corrected chi connectivity index (χ0v) is 15.5. The van der Waals surface area contributed by atoms with E-state index in [0.29, 0.717) is 0 Å². The zero-order chi connectivity index (χ0) is 20.2. The maximum Gasteiger partial charge on any atom is 0.375 e. The molecule has 0 fully saturated rings. The quantitative estimate of drug-likeness (QED) is 0.798. The van der Waals surface area contributed by atoms with E-state index in [1.54, 1.807) is 26.8 Å². The Morgan fingerprint density at radius 3 is 2.41 bits per heavy atom. The van der Waals surface area contributed by atoms with E-state index < -0.39 is 35.4 Å². The summed E-state index contributed by atoms with van der Waals surface area (Å²) in [6.07, 6.45) is -1.23. The van der Waals surface area contributed by atoms with Crippen molar-refractivity contribution < 1.29 is 27.9 Å². The van der Waals surface area contributed by atoms with Crippen LogP contribution in [0.25, 0.3) is 11.3 Å². The molecule has 0 aliphatic heterocycles. The molecule has 3 amide bonds. The number of hydrogen-bond donors (Lipinski definition) is 2. The Hall–Kier alpha value is -3.16. The van der Waals surface area contributed by atoms with Crippen LogP contribution in [0.2, 0.25) is 0 Å². The SMILES string of the molecule is C[C@@H](OC(=O)c1ccc(-c2ccccc2F)o1)C(=O)NC(=O)NC(C)(C)C. The number of esters is 1. The average molecular weight is 376 g/mol. The normalized spacial score (nSPS) is 12.2. The van der Waals surface area contributed by atoms with Gasteiger partial charge in [-0.1, -0.05) is 12.1 Å². The molecule has 144 valence electrons. The van der Waals surface area contributed by atoms with E-state index in [9.17, 15) is 18.8 Å². The van der Waals surface area contributed by atoms with Crippen molar-refractivity contribution in [3.63, 3.8) is 0 Å². The van der Waals surface area contributed by atoms with E-state index in [2.05, 4.69) is 10.6 Å². The summed E-state index contributed by atoms with van der Waals surface area (Å²) < 4.78 is 24.1. The number of nitrogens with one attached hydrogen (secondary N) is 2. The number of imide groups is 1. The minimum atomic E-state index is -1.23. The number of furan rings is 1. The lowest BCUT2D eigenvalue weighted by molar-refractivity contribution is -0.128. The number of benzene rings is 1. The molecule has 27 heavy (non-hydrogen) atoms. The number of carbonyl (C=O) groups excluding carboxylic acids is 3. The Kier molecular flexibility index (Phi) is 5.99. The van der Waals surface area contributed by atoms with Crippen molar-refractivity contribution in [2.45, 2.75) is 39.3 Å². The summed E-state index contributed by atoms with van der Waals surface area (Å²) >= 11 is 0. The number of hydrogen-bond acceptors (Lipinski definition) is 5. The second-order valence-electron chi connectivity index (χ2n) is 6.88. The molecule has 0 spiro atoms. The Morgan fingerprint density at radius 2 is 1.78 bits per heavy atom. The van der Waals surface area contributed by atoms with Crippen LogP contribution >= 0.6 is 0 Å². The van der Waals surface area contributed by atoms with Gasteiger partial charge in [0.15, 0.2) is 6.10 Å². The third-order valence-corrected chi connectivity index (χ3v) is 3.32. The molecule has 2 N–H and O–H groups in total. The van der Waals surface area contributed by atoms with Gasteiger partial charge in [0, 0.05) is 5.54 Å². The summed E-state index contributed by atoms with van der Waals surface area (Å²) in [4.78, 5) is 35.7. The summed E-state index contributed by atoms with van der Waals surface area (Å²) in [5, 5.41) is 4.64. The molecule has 1 aromatic carbocycles. The number of halogens is 1. The summed E-state index contributed by atoms with van der Waals surface area (Å²) in [6, 6.07) is 7.99. The summed E-state index contributed by atoms with van der Waals surface area (Å²) in [5.74, 6) is -2.22. The van der Waals surface area contributed by atoms with Gasteiger partial charge >= 0.3 is 12.0 Å². The summed E-state index contributed by atoms with van der Waals surface area (Å²) in [5.41, 5.74) is -0.331. The van der Waals surface area contributed by atoms with Crippen LogP contribution in [0.4, 0.5) is 9.18 Å². The fourth-order valence-electron chi connectivity index (χ4n) is 2.11. The molecule has 1 heterocycles. The fourth-order valence-corrected chi connectivity index (χ4v) is 2.11. The second-order valence-corrected chi connectivity index (χ2v) is 6.88. The lowest BCUT2D eigenvalue weighted by atomic mass is 10.1. The van der Waals surface area contributed by atoms with E-state index in [0.717, 1.165) is 0 Å². The van der Waals surface area contributed by atoms with Crippen molar-refractivity contribution in [2.24, 2.45) is 0 Å². The van der Waals surface area contributed by atoms with Crippen LogP contribution in [-0.2, 0) is 9.53 Å². The standard InChI is InChI=1S/C19H21FN2O5/c1-11(16(23)21-18(25)22-19(2,3)4)26-17(24)15-10-9-14(27-15)12-7-5-6-8-13(12)20/h5-11H,1-4H3,(H2,21,22,23,25)/t11-/m1/s1. The molecule has 1 aromatic heterocycles. The van der Waals surface area contributed by atoms with Gasteiger partial charge in [0.25, 0.3) is 5.91 Å². The first-order valence-corrected chi connectivity index (χ1v) is 8.25. The second kappa shape index (κ2) is 8.03. The van der Waals surface area contributed by atoms with E-state index in [-0.39, 0.29) is 17.1 Å². The topological polar surface area (TPSA) is 97.6 Å². The van der Waals surface area contributed by atoms with Gasteiger partial charge in [-0.25, -0.2) is 14.0 Å². The third-order valence-electron chi connectivity index (χ3n) is 3.32. The van der Waals surface area contributed by atoms with Gasteiger partial charge < -0.3 is 14.5 Å². The van der Waals surface area contributed by atoms with Gasteiger partial charge in [-0.15, -0.1) is 0 Å². The number of urea groups is 1. The van der Waals surface area contributed by atoms with Crippen LogP contribution in [0.5, 0.6) is 0 Å². The fraction of sp³-hybridized carbons (Fsp3) is 0.316. The average Bonchev–Trinajstić information content (AvgIpc) is 3.03. The van der Waals surface area contributed by atoms with Crippen molar-refractivity contribution in [1.29, 1.82) is 0 Å². The molecule has 0 aliphatic carbocycles. The molecule has 7 nitrogen and oxygen atoms in total. The molecule has 0 unspecified atom stereocenters. The maximum atomic E-state index is 13.8. The van der Waals surface area contributed by atoms with Gasteiger partial charge in [0.1, 0.15) is 11.6 Å². The van der Waals surface area contributed by atoms with Crippen molar-refractivity contribution in [2.75, 3.05) is 0 Å². The highest BCUT2D eigenvalue weighted by atomic mass is 19.1. The van der Waals surface area contributed by atoms with Gasteiger partial charge in [-0.2, -0.15) is 0 Å². The van der Waals surface area contributed by atoms with Crippen LogP contribution < -0.4 is 10.6 Å². The summed E-state index contributed by atoms with van der Waals surface area (Å²) in [6.45, 7) is 6.58.